The fraction of sp³-hybridized carbons (Fsp3) is 0.222. The molecule has 2 amide bonds. The summed E-state index contributed by atoms with van der Waals surface area (Å²) in [6.07, 6.45) is 1.88. The summed E-state index contributed by atoms with van der Waals surface area (Å²) < 4.78 is 26.4. The first kappa shape index (κ1) is 16.1. The van der Waals surface area contributed by atoms with Crippen LogP contribution in [0.4, 0.5) is 14.5 Å². The van der Waals surface area contributed by atoms with Gasteiger partial charge in [0.2, 0.25) is 5.91 Å². The monoisotopic (exact) mass is 330 g/mol. The van der Waals surface area contributed by atoms with Gasteiger partial charge in [-0.05, 0) is 42.7 Å². The van der Waals surface area contributed by atoms with Gasteiger partial charge in [-0.25, -0.2) is 8.78 Å². The predicted octanol–water partition coefficient (Wildman–Crippen LogP) is 3.24. The third-order valence-corrected chi connectivity index (χ3v) is 3.80. The van der Waals surface area contributed by atoms with Crippen LogP contribution >= 0.6 is 0 Å². The Hall–Kier alpha value is -2.76. The number of hydrogen-bond acceptors (Lipinski definition) is 2. The average Bonchev–Trinajstić information content (AvgIpc) is 3.39. The van der Waals surface area contributed by atoms with Gasteiger partial charge in [-0.3, -0.25) is 9.59 Å². The summed E-state index contributed by atoms with van der Waals surface area (Å²) in [6.45, 7) is 0.201. The summed E-state index contributed by atoms with van der Waals surface area (Å²) in [6, 6.07) is 9.85. The quantitative estimate of drug-likeness (QED) is 0.884. The van der Waals surface area contributed by atoms with E-state index in [0.29, 0.717) is 11.8 Å². The summed E-state index contributed by atoms with van der Waals surface area (Å²) in [4.78, 5) is 23.6. The van der Waals surface area contributed by atoms with E-state index in [4.69, 9.17) is 0 Å². The molecule has 0 unspecified atom stereocenters. The van der Waals surface area contributed by atoms with Crippen molar-refractivity contribution in [3.05, 3.63) is 65.2 Å². The van der Waals surface area contributed by atoms with Crippen LogP contribution < -0.4 is 10.6 Å². The molecule has 1 saturated carbocycles. The van der Waals surface area contributed by atoms with Crippen LogP contribution in [0.5, 0.6) is 0 Å². The second-order valence-electron chi connectivity index (χ2n) is 5.77. The molecule has 0 heterocycles. The normalized spacial score (nSPS) is 13.4. The summed E-state index contributed by atoms with van der Waals surface area (Å²) in [5, 5.41) is 5.40. The Labute approximate surface area is 137 Å². The molecule has 124 valence electrons. The Kier molecular flexibility index (Phi) is 4.55. The Balaban J connectivity index is 1.56. The molecule has 1 fully saturated rings. The minimum atomic E-state index is -0.898. The molecule has 0 atom stereocenters. The zero-order chi connectivity index (χ0) is 17.1. The minimum absolute atomic E-state index is 0.0304. The fourth-order valence-corrected chi connectivity index (χ4v) is 2.25. The van der Waals surface area contributed by atoms with E-state index in [-0.39, 0.29) is 23.9 Å². The maximum atomic E-state index is 13.5. The third kappa shape index (κ3) is 3.95. The topological polar surface area (TPSA) is 58.2 Å². The molecule has 2 aromatic rings. The molecular formula is C18H16F2N2O2. The molecule has 1 aliphatic rings. The lowest BCUT2D eigenvalue weighted by atomic mass is 10.1. The molecule has 3 rings (SSSR count). The van der Waals surface area contributed by atoms with Gasteiger partial charge in [0, 0.05) is 24.2 Å². The lowest BCUT2D eigenvalue weighted by Crippen LogP contribution is -2.23. The highest BCUT2D eigenvalue weighted by molar-refractivity contribution is 5.94. The van der Waals surface area contributed by atoms with Crippen LogP contribution in [0, 0.1) is 17.6 Å². The van der Waals surface area contributed by atoms with E-state index in [9.17, 15) is 18.4 Å². The average molecular weight is 330 g/mol. The molecule has 2 aromatic carbocycles. The third-order valence-electron chi connectivity index (χ3n) is 3.80. The van der Waals surface area contributed by atoms with E-state index < -0.39 is 17.5 Å². The zero-order valence-corrected chi connectivity index (χ0v) is 12.8. The second kappa shape index (κ2) is 6.78. The van der Waals surface area contributed by atoms with Gasteiger partial charge < -0.3 is 10.6 Å². The molecule has 6 heteroatoms. The SMILES string of the molecule is O=C(NCc1ccc(NC(=O)C2CC2)cc1)c1ccc(F)cc1F. The van der Waals surface area contributed by atoms with Gasteiger partial charge in [0.25, 0.3) is 5.91 Å². The molecule has 4 nitrogen and oxygen atoms in total. The number of nitrogens with one attached hydrogen (secondary N) is 2. The predicted molar refractivity (Wildman–Crippen MR) is 85.3 cm³/mol. The number of amides is 2. The van der Waals surface area contributed by atoms with Gasteiger partial charge in [0.05, 0.1) is 5.56 Å². The molecule has 0 bridgehead atoms. The van der Waals surface area contributed by atoms with Crippen molar-refractivity contribution in [1.29, 1.82) is 0 Å². The molecule has 0 aromatic heterocycles. The van der Waals surface area contributed by atoms with Gasteiger partial charge in [-0.2, -0.15) is 0 Å². The van der Waals surface area contributed by atoms with Crippen molar-refractivity contribution in [2.24, 2.45) is 5.92 Å². The van der Waals surface area contributed by atoms with E-state index in [1.165, 1.54) is 0 Å². The first-order valence-corrected chi connectivity index (χ1v) is 7.66. The largest absolute Gasteiger partial charge is 0.348 e. The van der Waals surface area contributed by atoms with Crippen molar-refractivity contribution in [2.75, 3.05) is 5.32 Å². The van der Waals surface area contributed by atoms with E-state index in [1.54, 1.807) is 24.3 Å². The molecular weight excluding hydrogens is 314 g/mol. The number of rotatable bonds is 5. The highest BCUT2D eigenvalue weighted by Gasteiger charge is 2.29. The second-order valence-corrected chi connectivity index (χ2v) is 5.77. The molecule has 0 saturated heterocycles. The number of carbonyl (C=O) groups is 2. The van der Waals surface area contributed by atoms with E-state index in [2.05, 4.69) is 10.6 Å². The fourth-order valence-electron chi connectivity index (χ4n) is 2.25. The van der Waals surface area contributed by atoms with Crippen LogP contribution in [0.1, 0.15) is 28.8 Å². The van der Waals surface area contributed by atoms with Crippen LogP contribution in [-0.2, 0) is 11.3 Å². The summed E-state index contributed by atoms with van der Waals surface area (Å²) in [5.41, 5.74) is 1.30. The minimum Gasteiger partial charge on any atom is -0.348 e. The Morgan fingerprint density at radius 2 is 1.75 bits per heavy atom. The highest BCUT2D eigenvalue weighted by Crippen LogP contribution is 2.30. The molecule has 1 aliphatic carbocycles. The van der Waals surface area contributed by atoms with Crippen LogP contribution in [0.2, 0.25) is 0 Å². The Morgan fingerprint density at radius 1 is 1.04 bits per heavy atom. The molecule has 0 radical (unpaired) electrons. The first-order valence-electron chi connectivity index (χ1n) is 7.66. The van der Waals surface area contributed by atoms with Gasteiger partial charge >= 0.3 is 0 Å². The number of halogens is 2. The Bertz CT molecular complexity index is 771. The summed E-state index contributed by atoms with van der Waals surface area (Å²) in [5.74, 6) is -2.07. The lowest BCUT2D eigenvalue weighted by molar-refractivity contribution is -0.117. The summed E-state index contributed by atoms with van der Waals surface area (Å²) in [7, 11) is 0. The van der Waals surface area contributed by atoms with Crippen molar-refractivity contribution < 1.29 is 18.4 Å². The van der Waals surface area contributed by atoms with Crippen molar-refractivity contribution in [3.63, 3.8) is 0 Å². The molecule has 0 aliphatic heterocycles. The van der Waals surface area contributed by atoms with Gasteiger partial charge in [0.1, 0.15) is 11.6 Å². The van der Waals surface area contributed by atoms with Crippen molar-refractivity contribution in [1.82, 2.24) is 5.32 Å². The van der Waals surface area contributed by atoms with E-state index >= 15 is 0 Å². The maximum absolute atomic E-state index is 13.5. The number of carbonyl (C=O) groups excluding carboxylic acids is 2. The molecule has 0 spiro atoms. The van der Waals surface area contributed by atoms with E-state index in [0.717, 1.165) is 30.5 Å². The lowest BCUT2D eigenvalue weighted by Gasteiger charge is -2.08. The Morgan fingerprint density at radius 3 is 2.38 bits per heavy atom. The van der Waals surface area contributed by atoms with Crippen LogP contribution in [-0.4, -0.2) is 11.8 Å². The molecule has 2 N–H and O–H groups in total. The van der Waals surface area contributed by atoms with Gasteiger partial charge in [-0.1, -0.05) is 12.1 Å². The van der Waals surface area contributed by atoms with Gasteiger partial charge in [0.15, 0.2) is 0 Å². The van der Waals surface area contributed by atoms with Crippen LogP contribution in [0.15, 0.2) is 42.5 Å². The maximum Gasteiger partial charge on any atom is 0.254 e. The number of hydrogen-bond donors (Lipinski definition) is 2. The van der Waals surface area contributed by atoms with Crippen LogP contribution in [0.3, 0.4) is 0 Å². The summed E-state index contributed by atoms with van der Waals surface area (Å²) >= 11 is 0. The first-order chi connectivity index (χ1) is 11.5. The standard InChI is InChI=1S/C18H16F2N2O2/c19-13-5-8-15(16(20)9-13)18(24)21-10-11-1-6-14(7-2-11)22-17(23)12-3-4-12/h1-2,5-9,12H,3-4,10H2,(H,21,24)(H,22,23). The van der Waals surface area contributed by atoms with E-state index in [1.807, 2.05) is 0 Å². The number of anilines is 1. The zero-order valence-electron chi connectivity index (χ0n) is 12.8. The smallest absolute Gasteiger partial charge is 0.254 e. The van der Waals surface area contributed by atoms with Crippen molar-refractivity contribution >= 4 is 17.5 Å². The molecule has 24 heavy (non-hydrogen) atoms. The van der Waals surface area contributed by atoms with Gasteiger partial charge in [-0.15, -0.1) is 0 Å². The van der Waals surface area contributed by atoms with Crippen LogP contribution in [0.25, 0.3) is 0 Å². The van der Waals surface area contributed by atoms with Crippen molar-refractivity contribution in [3.8, 4) is 0 Å². The number of benzene rings is 2. The van der Waals surface area contributed by atoms with Crippen molar-refractivity contribution in [2.45, 2.75) is 19.4 Å². The highest BCUT2D eigenvalue weighted by atomic mass is 19.1.